The summed E-state index contributed by atoms with van der Waals surface area (Å²) >= 11 is 1.68. The molecule has 4 rings (SSSR count). The van der Waals surface area contributed by atoms with E-state index in [2.05, 4.69) is 34.6 Å². The van der Waals surface area contributed by atoms with Crippen molar-refractivity contribution in [1.82, 2.24) is 4.98 Å². The van der Waals surface area contributed by atoms with Crippen molar-refractivity contribution < 1.29 is 14.3 Å². The lowest BCUT2D eigenvalue weighted by molar-refractivity contribution is -0.143. The highest BCUT2D eigenvalue weighted by atomic mass is 32.1. The summed E-state index contributed by atoms with van der Waals surface area (Å²) in [6.07, 6.45) is 3.12. The largest absolute Gasteiger partial charge is 0.489 e. The fourth-order valence-electron chi connectivity index (χ4n) is 3.38. The molecule has 0 fully saturated rings. The predicted molar refractivity (Wildman–Crippen MR) is 117 cm³/mol. The minimum Gasteiger partial charge on any atom is -0.489 e. The maximum Gasteiger partial charge on any atom is 0.306 e. The number of aryl methyl sites for hydroxylation is 1. The Hall–Kier alpha value is -3.05. The molecule has 0 atom stereocenters. The Morgan fingerprint density at radius 3 is 2.76 bits per heavy atom. The van der Waals surface area contributed by atoms with Gasteiger partial charge in [0.1, 0.15) is 12.4 Å². The Labute approximate surface area is 174 Å². The Kier molecular flexibility index (Phi) is 5.96. The zero-order chi connectivity index (χ0) is 20.1. The fraction of sp³-hybridized carbons (Fsp3) is 0.208. The molecule has 0 aliphatic heterocycles. The van der Waals surface area contributed by atoms with Crippen LogP contribution in [0.5, 0.6) is 5.75 Å². The maximum absolute atomic E-state index is 11.7. The Morgan fingerprint density at radius 1 is 1.07 bits per heavy atom. The normalized spacial score (nSPS) is 10.9. The molecule has 0 amide bonds. The number of nitrogens with one attached hydrogen (secondary N) is 1. The summed E-state index contributed by atoms with van der Waals surface area (Å²) in [6, 6.07) is 18.4. The topological polar surface area (TPSA) is 51.3 Å². The number of aromatic nitrogens is 1. The molecule has 2 aromatic heterocycles. The second kappa shape index (κ2) is 8.97. The number of carbonyl (C=O) groups excluding carboxylic acids is 1. The number of fused-ring (bicyclic) bond motifs is 1. The molecule has 0 radical (unpaired) electrons. The second-order valence-corrected chi connectivity index (χ2v) is 7.75. The van der Waals surface area contributed by atoms with Crippen LogP contribution in [0.2, 0.25) is 0 Å². The number of esters is 1. The third-order valence-electron chi connectivity index (χ3n) is 4.80. The van der Waals surface area contributed by atoms with Crippen LogP contribution in [0, 0.1) is 0 Å². The summed E-state index contributed by atoms with van der Waals surface area (Å²) < 4.78 is 11.0. The molecule has 29 heavy (non-hydrogen) atoms. The van der Waals surface area contributed by atoms with Crippen LogP contribution in [-0.2, 0) is 22.6 Å². The fourth-order valence-corrected chi connectivity index (χ4v) is 4.28. The van der Waals surface area contributed by atoms with Crippen molar-refractivity contribution >= 4 is 28.2 Å². The third-order valence-corrected chi connectivity index (χ3v) is 5.78. The van der Waals surface area contributed by atoms with Gasteiger partial charge in [-0.2, -0.15) is 0 Å². The zero-order valence-electron chi connectivity index (χ0n) is 16.3. The lowest BCUT2D eigenvalue weighted by Gasteiger charge is -2.07. The smallest absolute Gasteiger partial charge is 0.306 e. The van der Waals surface area contributed by atoms with Crippen LogP contribution in [-0.4, -0.2) is 17.6 Å². The molecule has 1 N–H and O–H groups in total. The summed E-state index contributed by atoms with van der Waals surface area (Å²) in [5.74, 6) is 0.689. The number of thiophene rings is 1. The van der Waals surface area contributed by atoms with Gasteiger partial charge in [0.25, 0.3) is 0 Å². The lowest BCUT2D eigenvalue weighted by atomic mass is 10.0. The van der Waals surface area contributed by atoms with Gasteiger partial charge in [0.05, 0.1) is 13.0 Å². The van der Waals surface area contributed by atoms with E-state index in [0.29, 0.717) is 26.1 Å². The minimum absolute atomic E-state index is 0.147. The molecule has 0 aliphatic rings. The molecule has 4 nitrogen and oxygen atoms in total. The number of ether oxygens (including phenoxy) is 2. The van der Waals surface area contributed by atoms with Crippen molar-refractivity contribution in [2.75, 3.05) is 6.61 Å². The summed E-state index contributed by atoms with van der Waals surface area (Å²) in [7, 11) is 0. The van der Waals surface area contributed by atoms with Crippen molar-refractivity contribution in [1.29, 1.82) is 0 Å². The number of carbonyl (C=O) groups is 1. The Morgan fingerprint density at radius 2 is 1.93 bits per heavy atom. The monoisotopic (exact) mass is 405 g/mol. The summed E-state index contributed by atoms with van der Waals surface area (Å²) in [4.78, 5) is 16.3. The number of benzene rings is 2. The van der Waals surface area contributed by atoms with Gasteiger partial charge in [-0.3, -0.25) is 4.79 Å². The van der Waals surface area contributed by atoms with E-state index in [1.807, 2.05) is 43.5 Å². The zero-order valence-corrected chi connectivity index (χ0v) is 17.1. The molecule has 148 valence electrons. The van der Waals surface area contributed by atoms with Gasteiger partial charge >= 0.3 is 5.97 Å². The molecular weight excluding hydrogens is 382 g/mol. The highest BCUT2D eigenvalue weighted by Gasteiger charge is 2.14. The van der Waals surface area contributed by atoms with Crippen LogP contribution >= 0.6 is 11.3 Å². The molecule has 4 aromatic rings. The molecule has 2 aromatic carbocycles. The Bertz CT molecular complexity index is 1100. The van der Waals surface area contributed by atoms with E-state index in [4.69, 9.17) is 9.47 Å². The van der Waals surface area contributed by atoms with Crippen molar-refractivity contribution in [3.05, 3.63) is 76.6 Å². The molecule has 2 heterocycles. The molecule has 0 spiro atoms. The van der Waals surface area contributed by atoms with Crippen LogP contribution in [0.1, 0.15) is 23.8 Å². The van der Waals surface area contributed by atoms with E-state index in [9.17, 15) is 4.79 Å². The van der Waals surface area contributed by atoms with E-state index in [1.54, 1.807) is 11.3 Å². The van der Waals surface area contributed by atoms with Crippen LogP contribution < -0.4 is 4.74 Å². The molecule has 0 bridgehead atoms. The van der Waals surface area contributed by atoms with Gasteiger partial charge in [0, 0.05) is 33.6 Å². The highest BCUT2D eigenvalue weighted by Crippen LogP contribution is 2.35. The number of H-pyrrole nitrogens is 1. The molecular formula is C24H23NO3S. The van der Waals surface area contributed by atoms with Crippen molar-refractivity contribution in [3.8, 4) is 16.9 Å². The van der Waals surface area contributed by atoms with Crippen molar-refractivity contribution in [2.24, 2.45) is 0 Å². The van der Waals surface area contributed by atoms with Gasteiger partial charge < -0.3 is 14.5 Å². The summed E-state index contributed by atoms with van der Waals surface area (Å²) in [6.45, 7) is 2.80. The SMILES string of the molecule is CCOC(=O)CCc1sccc1-c1c[nH]c2cc(OCc3ccccc3)ccc12. The first kappa shape index (κ1) is 19.3. The van der Waals surface area contributed by atoms with E-state index >= 15 is 0 Å². The molecule has 0 aliphatic carbocycles. The van der Waals surface area contributed by atoms with Gasteiger partial charge in [-0.05, 0) is 48.1 Å². The van der Waals surface area contributed by atoms with Gasteiger partial charge in [0.2, 0.25) is 0 Å². The molecule has 0 saturated carbocycles. The van der Waals surface area contributed by atoms with E-state index in [1.165, 1.54) is 10.4 Å². The number of hydrogen-bond donors (Lipinski definition) is 1. The maximum atomic E-state index is 11.7. The first-order valence-corrected chi connectivity index (χ1v) is 10.6. The van der Waals surface area contributed by atoms with Gasteiger partial charge in [0.15, 0.2) is 0 Å². The third kappa shape index (κ3) is 4.51. The predicted octanol–water partition coefficient (Wildman–Crippen LogP) is 5.97. The highest BCUT2D eigenvalue weighted by molar-refractivity contribution is 7.10. The van der Waals surface area contributed by atoms with Gasteiger partial charge in [-0.25, -0.2) is 0 Å². The molecule has 0 unspecified atom stereocenters. The average molecular weight is 406 g/mol. The summed E-state index contributed by atoms with van der Waals surface area (Å²) in [5, 5.41) is 3.22. The lowest BCUT2D eigenvalue weighted by Crippen LogP contribution is -2.04. The van der Waals surface area contributed by atoms with E-state index in [-0.39, 0.29) is 5.97 Å². The first-order chi connectivity index (χ1) is 14.2. The van der Waals surface area contributed by atoms with Crippen LogP contribution in [0.4, 0.5) is 0 Å². The van der Waals surface area contributed by atoms with Gasteiger partial charge in [-0.1, -0.05) is 30.3 Å². The number of rotatable bonds is 8. The average Bonchev–Trinajstić information content (AvgIpc) is 3.37. The van der Waals surface area contributed by atoms with E-state index in [0.717, 1.165) is 27.8 Å². The number of aromatic amines is 1. The standard InChI is InChI=1S/C24H23NO3S/c1-2-27-24(26)11-10-23-20(12-13-29-23)21-15-25-22-14-18(8-9-19(21)22)28-16-17-6-4-3-5-7-17/h3-9,12-15,25H,2,10-11,16H2,1H3. The molecule has 5 heteroatoms. The van der Waals surface area contributed by atoms with E-state index < -0.39 is 0 Å². The van der Waals surface area contributed by atoms with Gasteiger partial charge in [-0.15, -0.1) is 11.3 Å². The summed E-state index contributed by atoms with van der Waals surface area (Å²) in [5.41, 5.74) is 4.50. The minimum atomic E-state index is -0.147. The Balaban J connectivity index is 1.51. The van der Waals surface area contributed by atoms with Crippen LogP contribution in [0.15, 0.2) is 66.2 Å². The number of hydrogen-bond acceptors (Lipinski definition) is 4. The second-order valence-electron chi connectivity index (χ2n) is 6.75. The first-order valence-electron chi connectivity index (χ1n) is 9.75. The van der Waals surface area contributed by atoms with Crippen LogP contribution in [0.25, 0.3) is 22.0 Å². The quantitative estimate of drug-likeness (QED) is 0.367. The van der Waals surface area contributed by atoms with Crippen LogP contribution in [0.3, 0.4) is 0 Å². The molecule has 0 saturated heterocycles. The van der Waals surface area contributed by atoms with Crippen molar-refractivity contribution in [2.45, 2.75) is 26.4 Å². The van der Waals surface area contributed by atoms with Crippen molar-refractivity contribution in [3.63, 3.8) is 0 Å².